The number of β-amino-alcohol motifs (C(OH)–C–C–N with tert-alkyl or cyclic N) is 1. The molecule has 5 nitrogen and oxygen atoms in total. The lowest BCUT2D eigenvalue weighted by Gasteiger charge is -2.15. The Hall–Kier alpha value is -1.59. The Morgan fingerprint density at radius 2 is 2.37 bits per heavy atom. The number of likely N-dealkylation sites (tertiary alicyclic amines) is 1. The van der Waals surface area contributed by atoms with Gasteiger partial charge in [0, 0.05) is 37.4 Å². The summed E-state index contributed by atoms with van der Waals surface area (Å²) in [7, 11) is 0. The average molecular weight is 263 g/mol. The van der Waals surface area contributed by atoms with Crippen LogP contribution in [-0.2, 0) is 4.79 Å². The lowest BCUT2D eigenvalue weighted by atomic mass is 10.2. The molecular formula is C14H21N3O2. The molecule has 104 valence electrons. The number of aryl methyl sites for hydroxylation is 1. The van der Waals surface area contributed by atoms with Gasteiger partial charge in [-0.1, -0.05) is 0 Å². The van der Waals surface area contributed by atoms with Crippen molar-refractivity contribution in [1.29, 1.82) is 0 Å². The Morgan fingerprint density at radius 3 is 3.00 bits per heavy atom. The van der Waals surface area contributed by atoms with Crippen LogP contribution in [0.25, 0.3) is 0 Å². The van der Waals surface area contributed by atoms with Gasteiger partial charge in [0.05, 0.1) is 6.10 Å². The van der Waals surface area contributed by atoms with E-state index < -0.39 is 0 Å². The van der Waals surface area contributed by atoms with E-state index in [9.17, 15) is 9.90 Å². The molecule has 1 fully saturated rings. The molecule has 5 heteroatoms. The molecule has 0 aliphatic carbocycles. The number of aliphatic hydroxyl groups excluding tert-OH is 1. The number of hydrogen-bond acceptors (Lipinski definition) is 4. The fourth-order valence-electron chi connectivity index (χ4n) is 2.31. The van der Waals surface area contributed by atoms with Gasteiger partial charge in [-0.2, -0.15) is 0 Å². The number of nitrogens with two attached hydrogens (primary N) is 1. The molecule has 1 aromatic carbocycles. The smallest absolute Gasteiger partial charge is 0.225 e. The van der Waals surface area contributed by atoms with Crippen molar-refractivity contribution in [2.24, 2.45) is 0 Å². The summed E-state index contributed by atoms with van der Waals surface area (Å²) < 4.78 is 0. The molecule has 1 aliphatic rings. The molecule has 1 aromatic rings. The molecule has 0 radical (unpaired) electrons. The van der Waals surface area contributed by atoms with Gasteiger partial charge in [0.15, 0.2) is 0 Å². The third kappa shape index (κ3) is 3.94. The zero-order chi connectivity index (χ0) is 13.8. The lowest BCUT2D eigenvalue weighted by Crippen LogP contribution is -2.26. The van der Waals surface area contributed by atoms with Crippen molar-refractivity contribution < 1.29 is 9.90 Å². The van der Waals surface area contributed by atoms with E-state index in [4.69, 9.17) is 5.73 Å². The van der Waals surface area contributed by atoms with Crippen molar-refractivity contribution in [2.75, 3.05) is 30.7 Å². The zero-order valence-electron chi connectivity index (χ0n) is 11.2. The molecule has 1 atom stereocenters. The van der Waals surface area contributed by atoms with E-state index in [2.05, 4.69) is 10.2 Å². The summed E-state index contributed by atoms with van der Waals surface area (Å²) >= 11 is 0. The second-order valence-corrected chi connectivity index (χ2v) is 5.12. The first-order valence-corrected chi connectivity index (χ1v) is 6.61. The molecule has 1 heterocycles. The van der Waals surface area contributed by atoms with E-state index >= 15 is 0 Å². The summed E-state index contributed by atoms with van der Waals surface area (Å²) in [5.74, 6) is -0.00531. The lowest BCUT2D eigenvalue weighted by molar-refractivity contribution is -0.116. The second kappa shape index (κ2) is 6.04. The Morgan fingerprint density at radius 1 is 1.58 bits per heavy atom. The van der Waals surface area contributed by atoms with Crippen molar-refractivity contribution in [3.05, 3.63) is 23.8 Å². The van der Waals surface area contributed by atoms with E-state index in [1.54, 1.807) is 6.07 Å². The third-order valence-corrected chi connectivity index (χ3v) is 3.43. The molecule has 1 aliphatic heterocycles. The number of aliphatic hydroxyl groups is 1. The quantitative estimate of drug-likeness (QED) is 0.707. The van der Waals surface area contributed by atoms with Crippen LogP contribution in [0.4, 0.5) is 11.4 Å². The largest absolute Gasteiger partial charge is 0.399 e. The molecule has 1 amide bonds. The Kier molecular flexibility index (Phi) is 4.39. The summed E-state index contributed by atoms with van der Waals surface area (Å²) in [5.41, 5.74) is 8.13. The molecule has 0 saturated carbocycles. The number of hydrogen-bond donors (Lipinski definition) is 3. The number of carbonyl (C=O) groups is 1. The summed E-state index contributed by atoms with van der Waals surface area (Å²) in [6.45, 7) is 4.16. The number of anilines is 2. The van der Waals surface area contributed by atoms with Crippen molar-refractivity contribution in [3.8, 4) is 0 Å². The van der Waals surface area contributed by atoms with Gasteiger partial charge in [-0.05, 0) is 37.1 Å². The maximum absolute atomic E-state index is 11.9. The van der Waals surface area contributed by atoms with Gasteiger partial charge < -0.3 is 21.1 Å². The van der Waals surface area contributed by atoms with Gasteiger partial charge in [0.25, 0.3) is 0 Å². The number of benzene rings is 1. The molecule has 19 heavy (non-hydrogen) atoms. The van der Waals surface area contributed by atoms with E-state index in [0.29, 0.717) is 25.2 Å². The van der Waals surface area contributed by atoms with Crippen LogP contribution in [0.1, 0.15) is 18.4 Å². The van der Waals surface area contributed by atoms with Gasteiger partial charge in [0.2, 0.25) is 5.91 Å². The van der Waals surface area contributed by atoms with Crippen molar-refractivity contribution in [2.45, 2.75) is 25.9 Å². The predicted octanol–water partition coefficient (Wildman–Crippen LogP) is 0.972. The number of nitrogens with one attached hydrogen (secondary N) is 1. The molecule has 1 saturated heterocycles. The van der Waals surface area contributed by atoms with Crippen molar-refractivity contribution >= 4 is 17.3 Å². The highest BCUT2D eigenvalue weighted by Gasteiger charge is 2.20. The average Bonchev–Trinajstić information content (AvgIpc) is 2.76. The molecule has 1 unspecified atom stereocenters. The highest BCUT2D eigenvalue weighted by molar-refractivity contribution is 5.91. The minimum Gasteiger partial charge on any atom is -0.399 e. The second-order valence-electron chi connectivity index (χ2n) is 5.12. The predicted molar refractivity (Wildman–Crippen MR) is 75.9 cm³/mol. The highest BCUT2D eigenvalue weighted by atomic mass is 16.3. The molecule has 0 spiro atoms. The summed E-state index contributed by atoms with van der Waals surface area (Å²) in [5, 5.41) is 12.3. The van der Waals surface area contributed by atoms with Crippen LogP contribution in [0.15, 0.2) is 18.2 Å². The Bertz CT molecular complexity index is 462. The topological polar surface area (TPSA) is 78.6 Å². The molecule has 2 rings (SSSR count). The summed E-state index contributed by atoms with van der Waals surface area (Å²) in [4.78, 5) is 14.0. The van der Waals surface area contributed by atoms with E-state index in [0.717, 1.165) is 24.2 Å². The first-order chi connectivity index (χ1) is 9.04. The van der Waals surface area contributed by atoms with Gasteiger partial charge in [0.1, 0.15) is 0 Å². The van der Waals surface area contributed by atoms with Gasteiger partial charge in [-0.15, -0.1) is 0 Å². The number of carbonyl (C=O) groups excluding carboxylic acids is 1. The highest BCUT2D eigenvalue weighted by Crippen LogP contribution is 2.18. The first kappa shape index (κ1) is 13.8. The number of rotatable bonds is 4. The van der Waals surface area contributed by atoms with Crippen LogP contribution in [0.2, 0.25) is 0 Å². The monoisotopic (exact) mass is 263 g/mol. The standard InChI is InChI=1S/C14H21N3O2/c1-10-8-11(15)2-3-13(10)16-14(19)5-7-17-6-4-12(18)9-17/h2-3,8,12,18H,4-7,9,15H2,1H3,(H,16,19). The summed E-state index contributed by atoms with van der Waals surface area (Å²) in [6, 6.07) is 5.44. The van der Waals surface area contributed by atoms with Crippen LogP contribution in [0, 0.1) is 6.92 Å². The van der Waals surface area contributed by atoms with Crippen LogP contribution in [0.5, 0.6) is 0 Å². The van der Waals surface area contributed by atoms with Crippen LogP contribution >= 0.6 is 0 Å². The van der Waals surface area contributed by atoms with Crippen LogP contribution < -0.4 is 11.1 Å². The van der Waals surface area contributed by atoms with Gasteiger partial charge >= 0.3 is 0 Å². The van der Waals surface area contributed by atoms with Gasteiger partial charge in [-0.25, -0.2) is 0 Å². The minimum atomic E-state index is -0.234. The molecular weight excluding hydrogens is 242 g/mol. The van der Waals surface area contributed by atoms with Gasteiger partial charge in [-0.3, -0.25) is 4.79 Å². The first-order valence-electron chi connectivity index (χ1n) is 6.61. The number of nitrogens with zero attached hydrogens (tertiary/aromatic N) is 1. The van der Waals surface area contributed by atoms with Crippen LogP contribution in [-0.4, -0.2) is 41.7 Å². The van der Waals surface area contributed by atoms with E-state index in [1.165, 1.54) is 0 Å². The maximum atomic E-state index is 11.9. The normalized spacial score (nSPS) is 19.6. The maximum Gasteiger partial charge on any atom is 0.225 e. The molecule has 4 N–H and O–H groups in total. The molecule has 0 bridgehead atoms. The Labute approximate surface area is 113 Å². The fourth-order valence-corrected chi connectivity index (χ4v) is 2.31. The fraction of sp³-hybridized carbons (Fsp3) is 0.500. The minimum absolute atomic E-state index is 0.00531. The number of amides is 1. The van der Waals surface area contributed by atoms with E-state index in [1.807, 2.05) is 19.1 Å². The number of nitrogen functional groups attached to an aromatic ring is 1. The third-order valence-electron chi connectivity index (χ3n) is 3.43. The summed E-state index contributed by atoms with van der Waals surface area (Å²) in [6.07, 6.45) is 1.01. The van der Waals surface area contributed by atoms with Crippen molar-refractivity contribution in [1.82, 2.24) is 4.90 Å². The Balaban J connectivity index is 1.81. The molecule has 0 aromatic heterocycles. The zero-order valence-corrected chi connectivity index (χ0v) is 11.2. The SMILES string of the molecule is Cc1cc(N)ccc1NC(=O)CCN1CCC(O)C1. The van der Waals surface area contributed by atoms with E-state index in [-0.39, 0.29) is 12.0 Å². The van der Waals surface area contributed by atoms with Crippen molar-refractivity contribution in [3.63, 3.8) is 0 Å². The van der Waals surface area contributed by atoms with Crippen LogP contribution in [0.3, 0.4) is 0 Å².